The quantitative estimate of drug-likeness (QED) is 0.601. The molecule has 0 saturated carbocycles. The number of pyridine rings is 2. The van der Waals surface area contributed by atoms with Crippen molar-refractivity contribution < 1.29 is 0 Å². The third-order valence-electron chi connectivity index (χ3n) is 3.94. The molecule has 7 heteroatoms. The molecule has 0 amide bonds. The van der Waals surface area contributed by atoms with Crippen molar-refractivity contribution in [2.75, 3.05) is 5.32 Å². The molecular weight excluding hydrogens is 326 g/mol. The Labute approximate surface area is 142 Å². The van der Waals surface area contributed by atoms with Gasteiger partial charge in [0.05, 0.1) is 5.69 Å². The summed E-state index contributed by atoms with van der Waals surface area (Å²) in [6, 6.07) is 9.24. The first kappa shape index (κ1) is 14.7. The summed E-state index contributed by atoms with van der Waals surface area (Å²) in [7, 11) is 0. The predicted octanol–water partition coefficient (Wildman–Crippen LogP) is 3.14. The molecular formula is C17H14ClN5O. The van der Waals surface area contributed by atoms with E-state index in [1.165, 1.54) is 0 Å². The Morgan fingerprint density at radius 3 is 3.04 bits per heavy atom. The maximum Gasteiger partial charge on any atom is 0.253 e. The fraction of sp³-hybridized carbons (Fsp3) is 0.118. The number of halogens is 1. The van der Waals surface area contributed by atoms with Gasteiger partial charge in [-0.3, -0.25) is 9.20 Å². The molecule has 0 aliphatic rings. The summed E-state index contributed by atoms with van der Waals surface area (Å²) in [6.07, 6.45) is 3.55. The van der Waals surface area contributed by atoms with Gasteiger partial charge in [-0.25, -0.2) is 0 Å². The van der Waals surface area contributed by atoms with Gasteiger partial charge in [-0.1, -0.05) is 11.6 Å². The van der Waals surface area contributed by atoms with Crippen LogP contribution in [0.2, 0.25) is 5.02 Å². The number of nitrogens with zero attached hydrogens (tertiary/aromatic N) is 3. The Hall–Kier alpha value is -2.86. The van der Waals surface area contributed by atoms with Gasteiger partial charge in [0.2, 0.25) is 0 Å². The van der Waals surface area contributed by atoms with E-state index in [9.17, 15) is 4.79 Å². The molecule has 3 heterocycles. The van der Waals surface area contributed by atoms with Crippen LogP contribution < -0.4 is 10.9 Å². The van der Waals surface area contributed by atoms with Crippen LogP contribution in [0.5, 0.6) is 0 Å². The number of hydrogen-bond donors (Lipinski definition) is 2. The van der Waals surface area contributed by atoms with Crippen molar-refractivity contribution in [3.05, 3.63) is 69.4 Å². The molecule has 24 heavy (non-hydrogen) atoms. The summed E-state index contributed by atoms with van der Waals surface area (Å²) < 4.78 is 1.85. The number of aromatic nitrogens is 4. The molecule has 2 N–H and O–H groups in total. The minimum absolute atomic E-state index is 0.112. The number of aromatic amines is 1. The van der Waals surface area contributed by atoms with Crippen LogP contribution in [-0.4, -0.2) is 19.6 Å². The molecule has 0 saturated heterocycles. The molecule has 0 unspecified atom stereocenters. The van der Waals surface area contributed by atoms with Crippen LogP contribution in [0.1, 0.15) is 11.1 Å². The number of fused-ring (bicyclic) bond motifs is 2. The molecule has 120 valence electrons. The summed E-state index contributed by atoms with van der Waals surface area (Å²) in [4.78, 5) is 15.1. The zero-order valence-electron chi connectivity index (χ0n) is 12.9. The summed E-state index contributed by atoms with van der Waals surface area (Å²) in [6.45, 7) is 2.38. The van der Waals surface area contributed by atoms with Crippen molar-refractivity contribution in [2.45, 2.75) is 13.5 Å². The number of rotatable bonds is 3. The number of anilines is 1. The van der Waals surface area contributed by atoms with Crippen LogP contribution in [0.3, 0.4) is 0 Å². The lowest BCUT2D eigenvalue weighted by Gasteiger charge is -2.09. The SMILES string of the molecule is Cc1cc(NCc2cc3cc(Cl)ccc3[nH]c2=O)cn2cnnc12. The molecule has 4 rings (SSSR count). The van der Waals surface area contributed by atoms with Crippen molar-refractivity contribution in [3.63, 3.8) is 0 Å². The molecule has 0 atom stereocenters. The molecule has 0 aliphatic carbocycles. The summed E-state index contributed by atoms with van der Waals surface area (Å²) in [5, 5.41) is 12.8. The number of nitrogens with one attached hydrogen (secondary N) is 2. The first-order chi connectivity index (χ1) is 11.6. The molecule has 0 spiro atoms. The second kappa shape index (κ2) is 5.65. The van der Waals surface area contributed by atoms with Crippen molar-refractivity contribution in [1.29, 1.82) is 0 Å². The highest BCUT2D eigenvalue weighted by Gasteiger charge is 2.06. The van der Waals surface area contributed by atoms with Gasteiger partial charge in [0, 0.05) is 34.2 Å². The molecule has 3 aromatic heterocycles. The van der Waals surface area contributed by atoms with E-state index < -0.39 is 0 Å². The maximum absolute atomic E-state index is 12.2. The summed E-state index contributed by atoms with van der Waals surface area (Å²) in [5.74, 6) is 0. The van der Waals surface area contributed by atoms with E-state index in [0.717, 1.165) is 27.8 Å². The smallest absolute Gasteiger partial charge is 0.253 e. The molecule has 0 aliphatic heterocycles. The summed E-state index contributed by atoms with van der Waals surface area (Å²) >= 11 is 6.02. The monoisotopic (exact) mass is 339 g/mol. The maximum atomic E-state index is 12.2. The Bertz CT molecular complexity index is 1120. The average Bonchev–Trinajstić information content (AvgIpc) is 3.02. The van der Waals surface area contributed by atoms with E-state index in [4.69, 9.17) is 11.6 Å². The molecule has 0 bridgehead atoms. The summed E-state index contributed by atoms with van der Waals surface area (Å²) in [5.41, 5.74) is 4.03. The minimum atomic E-state index is -0.112. The van der Waals surface area contributed by atoms with E-state index in [0.29, 0.717) is 17.1 Å². The second-order valence-corrected chi connectivity index (χ2v) is 6.12. The highest BCUT2D eigenvalue weighted by Crippen LogP contribution is 2.18. The first-order valence-corrected chi connectivity index (χ1v) is 7.83. The Morgan fingerprint density at radius 1 is 1.29 bits per heavy atom. The van der Waals surface area contributed by atoms with Crippen LogP contribution in [0.25, 0.3) is 16.6 Å². The van der Waals surface area contributed by atoms with Crippen LogP contribution in [0.15, 0.2) is 47.7 Å². The lowest BCUT2D eigenvalue weighted by atomic mass is 10.1. The van der Waals surface area contributed by atoms with Crippen molar-refractivity contribution in [1.82, 2.24) is 19.6 Å². The lowest BCUT2D eigenvalue weighted by molar-refractivity contribution is 1.07. The third kappa shape index (κ3) is 2.61. The van der Waals surface area contributed by atoms with Gasteiger partial charge in [0.1, 0.15) is 6.33 Å². The Morgan fingerprint density at radius 2 is 2.17 bits per heavy atom. The van der Waals surface area contributed by atoms with E-state index in [-0.39, 0.29) is 5.56 Å². The van der Waals surface area contributed by atoms with Gasteiger partial charge in [-0.05, 0) is 42.8 Å². The van der Waals surface area contributed by atoms with Gasteiger partial charge in [-0.2, -0.15) is 0 Å². The molecule has 4 aromatic rings. The van der Waals surface area contributed by atoms with Crippen LogP contribution in [0.4, 0.5) is 5.69 Å². The number of benzene rings is 1. The number of H-pyrrole nitrogens is 1. The number of hydrogen-bond acceptors (Lipinski definition) is 4. The predicted molar refractivity (Wildman–Crippen MR) is 94.6 cm³/mol. The number of aryl methyl sites for hydroxylation is 1. The third-order valence-corrected chi connectivity index (χ3v) is 4.18. The fourth-order valence-electron chi connectivity index (χ4n) is 2.75. The Balaban J connectivity index is 1.65. The fourth-order valence-corrected chi connectivity index (χ4v) is 2.93. The largest absolute Gasteiger partial charge is 0.380 e. The molecule has 0 fully saturated rings. The van der Waals surface area contributed by atoms with Crippen molar-refractivity contribution >= 4 is 33.8 Å². The van der Waals surface area contributed by atoms with Gasteiger partial charge in [0.15, 0.2) is 5.65 Å². The van der Waals surface area contributed by atoms with E-state index >= 15 is 0 Å². The van der Waals surface area contributed by atoms with Crippen LogP contribution in [0, 0.1) is 6.92 Å². The topological polar surface area (TPSA) is 75.1 Å². The van der Waals surface area contributed by atoms with Gasteiger partial charge >= 0.3 is 0 Å². The first-order valence-electron chi connectivity index (χ1n) is 7.45. The highest BCUT2D eigenvalue weighted by molar-refractivity contribution is 6.31. The Kier molecular flexibility index (Phi) is 3.46. The average molecular weight is 340 g/mol. The van der Waals surface area contributed by atoms with E-state index in [1.54, 1.807) is 18.5 Å². The normalized spacial score (nSPS) is 11.2. The lowest BCUT2D eigenvalue weighted by Crippen LogP contribution is -2.15. The van der Waals surface area contributed by atoms with Gasteiger partial charge in [0.25, 0.3) is 5.56 Å². The molecule has 0 radical (unpaired) electrons. The van der Waals surface area contributed by atoms with Crippen LogP contribution >= 0.6 is 11.6 Å². The van der Waals surface area contributed by atoms with Gasteiger partial charge in [-0.15, -0.1) is 10.2 Å². The highest BCUT2D eigenvalue weighted by atomic mass is 35.5. The van der Waals surface area contributed by atoms with Crippen molar-refractivity contribution in [2.24, 2.45) is 0 Å². The zero-order valence-corrected chi connectivity index (χ0v) is 13.6. The minimum Gasteiger partial charge on any atom is -0.380 e. The van der Waals surface area contributed by atoms with Crippen molar-refractivity contribution in [3.8, 4) is 0 Å². The zero-order chi connectivity index (χ0) is 16.7. The van der Waals surface area contributed by atoms with Crippen LogP contribution in [-0.2, 0) is 6.54 Å². The van der Waals surface area contributed by atoms with E-state index in [1.807, 2.05) is 35.7 Å². The second-order valence-electron chi connectivity index (χ2n) is 5.68. The van der Waals surface area contributed by atoms with E-state index in [2.05, 4.69) is 20.5 Å². The molecule has 6 nitrogen and oxygen atoms in total. The molecule has 1 aromatic carbocycles. The van der Waals surface area contributed by atoms with Gasteiger partial charge < -0.3 is 10.3 Å². The standard InChI is InChI=1S/C17H14ClN5O/c1-10-4-14(8-23-9-20-22-16(10)23)19-7-12-5-11-6-13(18)2-3-15(11)21-17(12)24/h2-6,8-9,19H,7H2,1H3,(H,21,24).